The standard InChI is InChI=1S/C40H53N5O7/c1-7-52-23-22-45-32-11-9-8-10-31(32)42-39(45)41-30-14-18-43(19-15-30)20-16-40(29-12-13-33(47-2)34(26-29)48-3)17-21-44(27-40)38(46)28-24-35(49-4)37(51-6)36(25-28)50-5/h8-13,24-26,30H,7,14-23,27H2,1-6H3,(H,41,42). The molecule has 0 radical (unpaired) electrons. The van der Waals surface area contributed by atoms with Gasteiger partial charge in [0.1, 0.15) is 0 Å². The van der Waals surface area contributed by atoms with Crippen molar-refractivity contribution >= 4 is 22.9 Å². The zero-order valence-electron chi connectivity index (χ0n) is 31.4. The number of imidazole rings is 1. The molecule has 6 rings (SSSR count). The van der Waals surface area contributed by atoms with Crippen molar-refractivity contribution < 1.29 is 33.2 Å². The van der Waals surface area contributed by atoms with Crippen molar-refractivity contribution in [3.05, 3.63) is 65.7 Å². The van der Waals surface area contributed by atoms with Gasteiger partial charge in [0.15, 0.2) is 23.0 Å². The SMILES string of the molecule is CCOCCn1c(NC2CCN(CCC3(c4ccc(OC)c(OC)c4)CCN(C(=O)c4cc(OC)c(OC)c(OC)c4)C3)CC2)nc2ccccc21. The van der Waals surface area contributed by atoms with E-state index < -0.39 is 0 Å². The third-order valence-corrected chi connectivity index (χ3v) is 10.7. The number of likely N-dealkylation sites (tertiary alicyclic amines) is 2. The number of nitrogens with one attached hydrogen (secondary N) is 1. The molecule has 3 heterocycles. The molecule has 1 aromatic heterocycles. The first kappa shape index (κ1) is 37.1. The minimum absolute atomic E-state index is 0.0687. The van der Waals surface area contributed by atoms with Crippen LogP contribution in [-0.2, 0) is 16.7 Å². The highest BCUT2D eigenvalue weighted by molar-refractivity contribution is 5.96. The van der Waals surface area contributed by atoms with Gasteiger partial charge in [-0.15, -0.1) is 0 Å². The van der Waals surface area contributed by atoms with Crippen molar-refractivity contribution in [2.24, 2.45) is 0 Å². The van der Waals surface area contributed by atoms with Crippen LogP contribution in [0.15, 0.2) is 54.6 Å². The van der Waals surface area contributed by atoms with E-state index in [-0.39, 0.29) is 11.3 Å². The third kappa shape index (κ3) is 7.73. The Labute approximate surface area is 306 Å². The second kappa shape index (κ2) is 16.8. The molecule has 2 aliphatic heterocycles. The van der Waals surface area contributed by atoms with E-state index in [1.165, 1.54) is 0 Å². The minimum Gasteiger partial charge on any atom is -0.493 e. The summed E-state index contributed by atoms with van der Waals surface area (Å²) in [5.41, 5.74) is 3.49. The summed E-state index contributed by atoms with van der Waals surface area (Å²) >= 11 is 0. The summed E-state index contributed by atoms with van der Waals surface area (Å²) in [6.45, 7) is 8.20. The number of amides is 1. The number of para-hydroxylation sites is 2. The summed E-state index contributed by atoms with van der Waals surface area (Å²) in [6.07, 6.45) is 3.76. The second-order valence-corrected chi connectivity index (χ2v) is 13.5. The van der Waals surface area contributed by atoms with Crippen molar-refractivity contribution in [2.75, 3.05) is 86.8 Å². The van der Waals surface area contributed by atoms with Gasteiger partial charge in [-0.25, -0.2) is 4.98 Å². The van der Waals surface area contributed by atoms with E-state index >= 15 is 0 Å². The van der Waals surface area contributed by atoms with Gasteiger partial charge in [-0.3, -0.25) is 4.79 Å². The molecular formula is C40H53N5O7. The van der Waals surface area contributed by atoms with E-state index in [0.717, 1.165) is 74.4 Å². The molecule has 52 heavy (non-hydrogen) atoms. The Bertz CT molecular complexity index is 1800. The molecule has 3 aromatic carbocycles. The lowest BCUT2D eigenvalue weighted by Gasteiger charge is -2.36. The number of nitrogens with zero attached hydrogens (tertiary/aromatic N) is 4. The Kier molecular flexibility index (Phi) is 12.0. The molecule has 1 atom stereocenters. The number of piperidine rings is 1. The highest BCUT2D eigenvalue weighted by atomic mass is 16.5. The molecule has 2 fully saturated rings. The zero-order valence-corrected chi connectivity index (χ0v) is 31.4. The Morgan fingerprint density at radius 1 is 0.846 bits per heavy atom. The number of rotatable bonds is 16. The van der Waals surface area contributed by atoms with Gasteiger partial charge >= 0.3 is 0 Å². The zero-order chi connectivity index (χ0) is 36.7. The molecule has 1 N–H and O–H groups in total. The number of carbonyl (C=O) groups is 1. The Morgan fingerprint density at radius 2 is 1.56 bits per heavy atom. The van der Waals surface area contributed by atoms with E-state index in [1.807, 2.05) is 24.0 Å². The monoisotopic (exact) mass is 715 g/mol. The van der Waals surface area contributed by atoms with Crippen molar-refractivity contribution in [2.45, 2.75) is 50.6 Å². The molecule has 0 aliphatic carbocycles. The summed E-state index contributed by atoms with van der Waals surface area (Å²) in [5, 5.41) is 3.77. The molecule has 4 aromatic rings. The number of aromatic nitrogens is 2. The van der Waals surface area contributed by atoms with Crippen LogP contribution in [0.25, 0.3) is 11.0 Å². The van der Waals surface area contributed by atoms with Gasteiger partial charge in [0, 0.05) is 56.4 Å². The lowest BCUT2D eigenvalue weighted by Crippen LogP contribution is -2.42. The Hall–Kier alpha value is -4.68. The van der Waals surface area contributed by atoms with E-state index in [2.05, 4.69) is 45.1 Å². The summed E-state index contributed by atoms with van der Waals surface area (Å²) in [4.78, 5) is 23.5. The van der Waals surface area contributed by atoms with Crippen molar-refractivity contribution in [1.82, 2.24) is 19.4 Å². The highest BCUT2D eigenvalue weighted by Crippen LogP contribution is 2.43. The topological polar surface area (TPSA) is 109 Å². The maximum atomic E-state index is 14.1. The predicted molar refractivity (Wildman–Crippen MR) is 202 cm³/mol. The fraction of sp³-hybridized carbons (Fsp3) is 0.500. The fourth-order valence-electron chi connectivity index (χ4n) is 7.75. The average molecular weight is 716 g/mol. The van der Waals surface area contributed by atoms with Crippen LogP contribution in [0.5, 0.6) is 28.7 Å². The van der Waals surface area contributed by atoms with Gasteiger partial charge in [0.25, 0.3) is 5.91 Å². The van der Waals surface area contributed by atoms with E-state index in [9.17, 15) is 4.79 Å². The minimum atomic E-state index is -0.267. The maximum absolute atomic E-state index is 14.1. The highest BCUT2D eigenvalue weighted by Gasteiger charge is 2.42. The summed E-state index contributed by atoms with van der Waals surface area (Å²) < 4.78 is 35.8. The van der Waals surface area contributed by atoms with Gasteiger partial charge in [-0.2, -0.15) is 0 Å². The van der Waals surface area contributed by atoms with Crippen molar-refractivity contribution in [1.29, 1.82) is 0 Å². The molecule has 2 aliphatic rings. The fourth-order valence-corrected chi connectivity index (χ4v) is 7.75. The number of fused-ring (bicyclic) bond motifs is 1. The normalized spacial score (nSPS) is 18.1. The lowest BCUT2D eigenvalue weighted by atomic mass is 9.76. The number of hydrogen-bond acceptors (Lipinski definition) is 10. The number of ether oxygens (including phenoxy) is 6. The maximum Gasteiger partial charge on any atom is 0.254 e. The largest absolute Gasteiger partial charge is 0.493 e. The van der Waals surface area contributed by atoms with Gasteiger partial charge in [-0.05, 0) is 81.1 Å². The average Bonchev–Trinajstić information content (AvgIpc) is 3.78. The van der Waals surface area contributed by atoms with Crippen LogP contribution in [0.4, 0.5) is 5.95 Å². The van der Waals surface area contributed by atoms with Crippen LogP contribution in [0.2, 0.25) is 0 Å². The Balaban J connectivity index is 1.16. The number of anilines is 1. The number of methoxy groups -OCH3 is 5. The van der Waals surface area contributed by atoms with Gasteiger partial charge in [0.05, 0.1) is 53.2 Å². The summed E-state index contributed by atoms with van der Waals surface area (Å²) in [5.74, 6) is 3.59. The smallest absolute Gasteiger partial charge is 0.254 e. The third-order valence-electron chi connectivity index (χ3n) is 10.7. The number of carbonyl (C=O) groups excluding carboxylic acids is 1. The first-order valence-electron chi connectivity index (χ1n) is 18.2. The second-order valence-electron chi connectivity index (χ2n) is 13.5. The molecule has 12 nitrogen and oxygen atoms in total. The predicted octanol–water partition coefficient (Wildman–Crippen LogP) is 5.87. The first-order chi connectivity index (χ1) is 25.4. The molecule has 2 saturated heterocycles. The van der Waals surface area contributed by atoms with Crippen LogP contribution < -0.4 is 29.0 Å². The quantitative estimate of drug-likeness (QED) is 0.142. The van der Waals surface area contributed by atoms with Crippen molar-refractivity contribution in [3.8, 4) is 28.7 Å². The van der Waals surface area contributed by atoms with Crippen LogP contribution in [0.1, 0.15) is 48.5 Å². The summed E-state index contributed by atoms with van der Waals surface area (Å²) in [7, 11) is 7.98. The molecule has 280 valence electrons. The van der Waals surface area contributed by atoms with Crippen LogP contribution in [-0.4, -0.2) is 113 Å². The van der Waals surface area contributed by atoms with Gasteiger partial charge < -0.3 is 48.1 Å². The molecular weight excluding hydrogens is 662 g/mol. The van der Waals surface area contributed by atoms with Crippen LogP contribution >= 0.6 is 0 Å². The molecule has 0 spiro atoms. The van der Waals surface area contributed by atoms with Gasteiger partial charge in [0.2, 0.25) is 11.7 Å². The van der Waals surface area contributed by atoms with E-state index in [0.29, 0.717) is 66.7 Å². The molecule has 0 bridgehead atoms. The summed E-state index contributed by atoms with van der Waals surface area (Å²) in [6, 6.07) is 18.3. The van der Waals surface area contributed by atoms with E-state index in [4.69, 9.17) is 33.4 Å². The number of benzene rings is 3. The van der Waals surface area contributed by atoms with E-state index in [1.54, 1.807) is 47.7 Å². The molecule has 1 unspecified atom stereocenters. The van der Waals surface area contributed by atoms with Crippen LogP contribution in [0, 0.1) is 0 Å². The molecule has 0 saturated carbocycles. The van der Waals surface area contributed by atoms with Crippen molar-refractivity contribution in [3.63, 3.8) is 0 Å². The van der Waals surface area contributed by atoms with Crippen LogP contribution in [0.3, 0.4) is 0 Å². The first-order valence-corrected chi connectivity index (χ1v) is 18.2. The molecule has 1 amide bonds. The van der Waals surface area contributed by atoms with Gasteiger partial charge in [-0.1, -0.05) is 18.2 Å². The Morgan fingerprint density at radius 3 is 2.23 bits per heavy atom. The lowest BCUT2D eigenvalue weighted by molar-refractivity contribution is 0.0779. The number of hydrogen-bond donors (Lipinski definition) is 1. The molecule has 12 heteroatoms.